The number of hydrogen-bond acceptors (Lipinski definition) is 4. The molecular weight excluding hydrogens is 140 g/mol. The molecule has 4 heteroatoms. The third-order valence-electron chi connectivity index (χ3n) is 1.30. The molecule has 1 rings (SSSR count). The summed E-state index contributed by atoms with van der Waals surface area (Å²) in [7, 11) is 0. The average molecular weight is 152 g/mol. The minimum absolute atomic E-state index is 0.324. The summed E-state index contributed by atoms with van der Waals surface area (Å²) in [5.74, 6) is 0.324. The summed E-state index contributed by atoms with van der Waals surface area (Å²) in [6.07, 6.45) is 3.45. The molecular formula is C7H12N4. The van der Waals surface area contributed by atoms with Crippen molar-refractivity contribution in [1.29, 1.82) is 0 Å². The summed E-state index contributed by atoms with van der Waals surface area (Å²) in [4.78, 5) is 7.72. The fourth-order valence-corrected chi connectivity index (χ4v) is 0.725. The van der Waals surface area contributed by atoms with Crippen LogP contribution in [0.2, 0.25) is 0 Å². The molecule has 1 heterocycles. The Bertz CT molecular complexity index is 206. The van der Waals surface area contributed by atoms with E-state index in [1.165, 1.54) is 0 Å². The molecule has 0 aliphatic rings. The van der Waals surface area contributed by atoms with E-state index in [4.69, 9.17) is 5.73 Å². The van der Waals surface area contributed by atoms with Crippen molar-refractivity contribution in [3.63, 3.8) is 0 Å². The number of nitrogens with two attached hydrogens (primary N) is 1. The number of nitrogen functional groups attached to an aromatic ring is 1. The predicted molar refractivity (Wildman–Crippen MR) is 43.8 cm³/mol. The van der Waals surface area contributed by atoms with Gasteiger partial charge in [0.25, 0.3) is 0 Å². The Balaban J connectivity index is 2.52. The first-order valence-corrected chi connectivity index (χ1v) is 3.60. The Morgan fingerprint density at radius 1 is 1.45 bits per heavy atom. The van der Waals surface area contributed by atoms with Gasteiger partial charge in [0.05, 0.1) is 0 Å². The smallest absolute Gasteiger partial charge is 0.219 e. The number of nitrogens with one attached hydrogen (secondary N) is 1. The van der Waals surface area contributed by atoms with Crippen LogP contribution in [0.15, 0.2) is 12.4 Å². The Hall–Kier alpha value is -1.16. The van der Waals surface area contributed by atoms with Crippen LogP contribution in [0, 0.1) is 0 Å². The minimum atomic E-state index is 0.324. The van der Waals surface area contributed by atoms with Crippen molar-refractivity contribution < 1.29 is 0 Å². The zero-order valence-corrected chi connectivity index (χ0v) is 6.54. The molecule has 0 saturated carbocycles. The first-order valence-electron chi connectivity index (χ1n) is 3.60. The van der Waals surface area contributed by atoms with Gasteiger partial charge in [0, 0.05) is 24.5 Å². The molecule has 0 radical (unpaired) electrons. The third-order valence-corrected chi connectivity index (χ3v) is 1.30. The SMILES string of the molecule is CCNCc1cnc(N)nc1. The molecule has 0 spiro atoms. The van der Waals surface area contributed by atoms with Crippen LogP contribution in [0.4, 0.5) is 5.95 Å². The lowest BCUT2D eigenvalue weighted by Gasteiger charge is -1.99. The molecule has 0 aliphatic heterocycles. The van der Waals surface area contributed by atoms with Gasteiger partial charge in [0.1, 0.15) is 0 Å². The zero-order valence-electron chi connectivity index (χ0n) is 6.54. The number of aromatic nitrogens is 2. The van der Waals surface area contributed by atoms with Gasteiger partial charge >= 0.3 is 0 Å². The maximum absolute atomic E-state index is 5.31. The van der Waals surface area contributed by atoms with Crippen molar-refractivity contribution in [1.82, 2.24) is 15.3 Å². The fourth-order valence-electron chi connectivity index (χ4n) is 0.725. The van der Waals surface area contributed by atoms with E-state index in [2.05, 4.69) is 22.2 Å². The second kappa shape index (κ2) is 3.88. The van der Waals surface area contributed by atoms with Crippen LogP contribution in [-0.2, 0) is 6.54 Å². The van der Waals surface area contributed by atoms with E-state index >= 15 is 0 Å². The van der Waals surface area contributed by atoms with Gasteiger partial charge in [-0.1, -0.05) is 6.92 Å². The molecule has 1 aromatic heterocycles. The highest BCUT2D eigenvalue weighted by Crippen LogP contribution is 1.95. The van der Waals surface area contributed by atoms with E-state index in [1.54, 1.807) is 12.4 Å². The topological polar surface area (TPSA) is 63.8 Å². The van der Waals surface area contributed by atoms with Crippen LogP contribution < -0.4 is 11.1 Å². The number of anilines is 1. The van der Waals surface area contributed by atoms with Crippen LogP contribution in [0.1, 0.15) is 12.5 Å². The van der Waals surface area contributed by atoms with Gasteiger partial charge in [-0.2, -0.15) is 0 Å². The Morgan fingerprint density at radius 2 is 2.09 bits per heavy atom. The Labute approximate surface area is 65.9 Å². The summed E-state index contributed by atoms with van der Waals surface area (Å²) in [6.45, 7) is 3.80. The van der Waals surface area contributed by atoms with E-state index < -0.39 is 0 Å². The molecule has 0 aliphatic carbocycles. The standard InChI is InChI=1S/C7H12N4/c1-2-9-3-6-4-10-7(8)11-5-6/h4-5,9H,2-3H2,1H3,(H2,8,10,11). The monoisotopic (exact) mass is 152 g/mol. The van der Waals surface area contributed by atoms with Crippen LogP contribution in [-0.4, -0.2) is 16.5 Å². The van der Waals surface area contributed by atoms with Gasteiger partial charge < -0.3 is 11.1 Å². The van der Waals surface area contributed by atoms with Gasteiger partial charge in [-0.25, -0.2) is 9.97 Å². The zero-order chi connectivity index (χ0) is 8.10. The summed E-state index contributed by atoms with van der Waals surface area (Å²) >= 11 is 0. The Morgan fingerprint density at radius 3 is 2.64 bits per heavy atom. The van der Waals surface area contributed by atoms with Crippen molar-refractivity contribution in [2.75, 3.05) is 12.3 Å². The highest BCUT2D eigenvalue weighted by molar-refractivity contribution is 5.16. The maximum atomic E-state index is 5.31. The van der Waals surface area contributed by atoms with Gasteiger partial charge in [0.15, 0.2) is 0 Å². The summed E-state index contributed by atoms with van der Waals surface area (Å²) in [6, 6.07) is 0. The van der Waals surface area contributed by atoms with Gasteiger partial charge in [0.2, 0.25) is 5.95 Å². The third kappa shape index (κ3) is 2.51. The molecule has 1 aromatic rings. The highest BCUT2D eigenvalue weighted by Gasteiger charge is 1.91. The highest BCUT2D eigenvalue weighted by atomic mass is 15.0. The second-order valence-corrected chi connectivity index (χ2v) is 2.23. The molecule has 4 nitrogen and oxygen atoms in total. The number of hydrogen-bond donors (Lipinski definition) is 2. The van der Waals surface area contributed by atoms with Crippen LogP contribution in [0.25, 0.3) is 0 Å². The number of nitrogens with zero attached hydrogens (tertiary/aromatic N) is 2. The van der Waals surface area contributed by atoms with Crippen molar-refractivity contribution in [3.05, 3.63) is 18.0 Å². The van der Waals surface area contributed by atoms with Crippen LogP contribution in [0.5, 0.6) is 0 Å². The molecule has 0 aromatic carbocycles. The van der Waals surface area contributed by atoms with E-state index in [0.717, 1.165) is 18.7 Å². The van der Waals surface area contributed by atoms with Crippen LogP contribution in [0.3, 0.4) is 0 Å². The predicted octanol–water partition coefficient (Wildman–Crippen LogP) is 0.168. The van der Waals surface area contributed by atoms with Gasteiger partial charge in [-0.05, 0) is 6.54 Å². The first kappa shape index (κ1) is 7.94. The van der Waals surface area contributed by atoms with Crippen molar-refractivity contribution in [3.8, 4) is 0 Å². The molecule has 3 N–H and O–H groups in total. The minimum Gasteiger partial charge on any atom is -0.368 e. The lowest BCUT2D eigenvalue weighted by Crippen LogP contribution is -2.12. The molecule has 0 amide bonds. The normalized spacial score (nSPS) is 9.91. The van der Waals surface area contributed by atoms with E-state index in [9.17, 15) is 0 Å². The van der Waals surface area contributed by atoms with Crippen LogP contribution >= 0.6 is 0 Å². The summed E-state index contributed by atoms with van der Waals surface area (Å²) < 4.78 is 0. The molecule has 0 saturated heterocycles. The number of rotatable bonds is 3. The lowest BCUT2D eigenvalue weighted by molar-refractivity contribution is 0.721. The lowest BCUT2D eigenvalue weighted by atomic mass is 10.3. The van der Waals surface area contributed by atoms with E-state index in [0.29, 0.717) is 5.95 Å². The van der Waals surface area contributed by atoms with Crippen molar-refractivity contribution in [2.24, 2.45) is 0 Å². The fraction of sp³-hybridized carbons (Fsp3) is 0.429. The van der Waals surface area contributed by atoms with Crippen molar-refractivity contribution >= 4 is 5.95 Å². The molecule has 0 unspecified atom stereocenters. The Kier molecular flexibility index (Phi) is 2.80. The summed E-state index contributed by atoms with van der Waals surface area (Å²) in [5.41, 5.74) is 6.37. The van der Waals surface area contributed by atoms with E-state index in [-0.39, 0.29) is 0 Å². The average Bonchev–Trinajstić information content (AvgIpc) is 2.04. The van der Waals surface area contributed by atoms with Crippen molar-refractivity contribution in [2.45, 2.75) is 13.5 Å². The molecule has 11 heavy (non-hydrogen) atoms. The second-order valence-electron chi connectivity index (χ2n) is 2.23. The van der Waals surface area contributed by atoms with Gasteiger partial charge in [-0.3, -0.25) is 0 Å². The molecule has 0 atom stereocenters. The first-order chi connectivity index (χ1) is 5.33. The largest absolute Gasteiger partial charge is 0.368 e. The van der Waals surface area contributed by atoms with E-state index in [1.807, 2.05) is 0 Å². The maximum Gasteiger partial charge on any atom is 0.219 e. The quantitative estimate of drug-likeness (QED) is 0.648. The molecule has 0 bridgehead atoms. The molecule has 60 valence electrons. The molecule has 0 fully saturated rings. The van der Waals surface area contributed by atoms with Gasteiger partial charge in [-0.15, -0.1) is 0 Å². The summed E-state index contributed by atoms with van der Waals surface area (Å²) in [5, 5.41) is 3.16.